The van der Waals surface area contributed by atoms with Crippen LogP contribution in [0.2, 0.25) is 0 Å². The first-order chi connectivity index (χ1) is 13.8. The molecule has 2 N–H and O–H groups in total. The van der Waals surface area contributed by atoms with Crippen LogP contribution in [-0.2, 0) is 0 Å². The molecule has 29 heavy (non-hydrogen) atoms. The molecule has 1 aliphatic rings. The Morgan fingerprint density at radius 1 is 1.03 bits per heavy atom. The number of rotatable bonds is 5. The summed E-state index contributed by atoms with van der Waals surface area (Å²) in [5.41, 5.74) is 0.637. The fourth-order valence-corrected chi connectivity index (χ4v) is 3.28. The number of anilines is 2. The molecule has 1 heterocycles. The van der Waals surface area contributed by atoms with Crippen LogP contribution in [0.1, 0.15) is 23.2 Å². The summed E-state index contributed by atoms with van der Waals surface area (Å²) in [5.74, 6) is -0.621. The molecule has 1 fully saturated rings. The van der Waals surface area contributed by atoms with Gasteiger partial charge in [-0.25, -0.2) is 0 Å². The Hall–Kier alpha value is -3.60. The summed E-state index contributed by atoms with van der Waals surface area (Å²) < 4.78 is 0. The van der Waals surface area contributed by atoms with Crippen molar-refractivity contribution in [2.24, 2.45) is 0 Å². The maximum Gasteiger partial charge on any atom is 0.293 e. The summed E-state index contributed by atoms with van der Waals surface area (Å²) in [6.45, 7) is 1.48. The number of non-ortho nitro benzene ring substituents is 1. The summed E-state index contributed by atoms with van der Waals surface area (Å²) >= 11 is 5.06. The number of benzene rings is 2. The predicted octanol–water partition coefficient (Wildman–Crippen LogP) is 3.23. The lowest BCUT2D eigenvalue weighted by atomic mass is 10.1. The number of nitro benzene ring substituents is 2. The Bertz CT molecular complexity index is 990. The average Bonchev–Trinajstić information content (AvgIpc) is 3.22. The molecule has 3 rings (SSSR count). The van der Waals surface area contributed by atoms with Crippen molar-refractivity contribution in [1.82, 2.24) is 5.32 Å². The van der Waals surface area contributed by atoms with E-state index in [9.17, 15) is 25.0 Å². The number of nitrogens with one attached hydrogen (secondary N) is 2. The highest BCUT2D eigenvalue weighted by atomic mass is 32.1. The van der Waals surface area contributed by atoms with Crippen LogP contribution in [0.3, 0.4) is 0 Å². The van der Waals surface area contributed by atoms with E-state index in [2.05, 4.69) is 10.6 Å². The molecule has 10 nitrogen and oxygen atoms in total. The van der Waals surface area contributed by atoms with Crippen molar-refractivity contribution in [3.63, 3.8) is 0 Å². The monoisotopic (exact) mass is 415 g/mol. The second kappa shape index (κ2) is 8.61. The Kier molecular flexibility index (Phi) is 5.98. The molecule has 0 spiro atoms. The number of nitro groups is 2. The van der Waals surface area contributed by atoms with Gasteiger partial charge in [0.25, 0.3) is 17.3 Å². The van der Waals surface area contributed by atoms with Crippen LogP contribution in [0.4, 0.5) is 22.7 Å². The molecule has 2 aromatic carbocycles. The van der Waals surface area contributed by atoms with Crippen molar-refractivity contribution in [2.45, 2.75) is 12.8 Å². The van der Waals surface area contributed by atoms with Crippen LogP contribution in [0, 0.1) is 20.2 Å². The van der Waals surface area contributed by atoms with Crippen LogP contribution in [0.5, 0.6) is 0 Å². The molecule has 11 heteroatoms. The van der Waals surface area contributed by atoms with Gasteiger partial charge in [-0.2, -0.15) is 0 Å². The zero-order chi connectivity index (χ0) is 21.0. The Morgan fingerprint density at radius 3 is 2.41 bits per heavy atom. The lowest BCUT2D eigenvalue weighted by Crippen LogP contribution is -2.34. The van der Waals surface area contributed by atoms with E-state index in [-0.39, 0.29) is 22.1 Å². The van der Waals surface area contributed by atoms with Gasteiger partial charge in [-0.3, -0.25) is 30.3 Å². The van der Waals surface area contributed by atoms with E-state index in [1.807, 2.05) is 4.90 Å². The van der Waals surface area contributed by atoms with Crippen LogP contribution in [0.25, 0.3) is 0 Å². The molecule has 1 saturated heterocycles. The highest BCUT2D eigenvalue weighted by Gasteiger charge is 2.24. The molecule has 0 radical (unpaired) electrons. The molecule has 150 valence electrons. The number of hydrogen-bond donors (Lipinski definition) is 2. The lowest BCUT2D eigenvalue weighted by molar-refractivity contribution is -0.384. The quantitative estimate of drug-likeness (QED) is 0.432. The van der Waals surface area contributed by atoms with Gasteiger partial charge in [-0.05, 0) is 43.3 Å². The molecule has 0 aliphatic carbocycles. The van der Waals surface area contributed by atoms with E-state index in [1.54, 1.807) is 12.1 Å². The van der Waals surface area contributed by atoms with E-state index < -0.39 is 15.8 Å². The average molecular weight is 415 g/mol. The first-order valence-corrected chi connectivity index (χ1v) is 9.16. The third-order valence-corrected chi connectivity index (χ3v) is 4.63. The second-order valence-electron chi connectivity index (χ2n) is 6.37. The zero-order valence-corrected chi connectivity index (χ0v) is 16.0. The van der Waals surface area contributed by atoms with Crippen molar-refractivity contribution >= 4 is 46.0 Å². The number of amides is 1. The van der Waals surface area contributed by atoms with Gasteiger partial charge in [0.2, 0.25) is 0 Å². The number of hydrogen-bond acceptors (Lipinski definition) is 7. The van der Waals surface area contributed by atoms with E-state index in [4.69, 9.17) is 12.2 Å². The molecular formula is C18H17N5O5S. The first-order valence-electron chi connectivity index (χ1n) is 8.75. The van der Waals surface area contributed by atoms with Gasteiger partial charge >= 0.3 is 0 Å². The van der Waals surface area contributed by atoms with Crippen molar-refractivity contribution in [2.75, 3.05) is 23.3 Å². The van der Waals surface area contributed by atoms with E-state index in [1.165, 1.54) is 30.3 Å². The minimum atomic E-state index is -0.621. The smallest absolute Gasteiger partial charge is 0.293 e. The van der Waals surface area contributed by atoms with Crippen molar-refractivity contribution in [3.8, 4) is 0 Å². The molecule has 0 atom stereocenters. The molecule has 2 aromatic rings. The minimum absolute atomic E-state index is 0.0817. The van der Waals surface area contributed by atoms with Crippen molar-refractivity contribution in [3.05, 3.63) is 68.3 Å². The van der Waals surface area contributed by atoms with Gasteiger partial charge in [-0.15, -0.1) is 0 Å². The fourth-order valence-electron chi connectivity index (χ4n) is 3.07. The summed E-state index contributed by atoms with van der Waals surface area (Å²) in [4.78, 5) is 35.6. The Balaban J connectivity index is 1.72. The molecule has 0 aromatic heterocycles. The fraction of sp³-hybridized carbons (Fsp3) is 0.222. The second-order valence-corrected chi connectivity index (χ2v) is 6.78. The summed E-state index contributed by atoms with van der Waals surface area (Å²) in [6, 6.07) is 9.93. The van der Waals surface area contributed by atoms with Gasteiger partial charge < -0.3 is 10.2 Å². The van der Waals surface area contributed by atoms with Gasteiger partial charge in [0, 0.05) is 42.5 Å². The maximum absolute atomic E-state index is 12.4. The van der Waals surface area contributed by atoms with Crippen LogP contribution < -0.4 is 15.5 Å². The first kappa shape index (κ1) is 20.1. The molecule has 1 amide bonds. The van der Waals surface area contributed by atoms with E-state index >= 15 is 0 Å². The van der Waals surface area contributed by atoms with Crippen molar-refractivity contribution in [1.29, 1.82) is 0 Å². The van der Waals surface area contributed by atoms with Crippen molar-refractivity contribution < 1.29 is 14.6 Å². The number of nitrogens with zero attached hydrogens (tertiary/aromatic N) is 3. The normalized spacial score (nSPS) is 13.0. The van der Waals surface area contributed by atoms with Crippen LogP contribution in [-0.4, -0.2) is 34.0 Å². The highest BCUT2D eigenvalue weighted by molar-refractivity contribution is 7.80. The maximum atomic E-state index is 12.4. The molecule has 0 unspecified atom stereocenters. The third-order valence-electron chi connectivity index (χ3n) is 4.42. The standard InChI is InChI=1S/C18H17N5O5S/c24-17(20-18(29)19-13-4-3-5-14(11-13)22(25)26)12-6-7-15(16(10-12)23(27)28)21-8-1-2-9-21/h3-7,10-11H,1-2,8-9H2,(H2,19,20,24,29). The largest absolute Gasteiger partial charge is 0.366 e. The predicted molar refractivity (Wildman–Crippen MR) is 111 cm³/mol. The SMILES string of the molecule is O=C(NC(=S)Nc1cccc([N+](=O)[O-])c1)c1ccc(N2CCCC2)c([N+](=O)[O-])c1. The Labute approximate surface area is 170 Å². The minimum Gasteiger partial charge on any atom is -0.366 e. The Morgan fingerprint density at radius 2 is 1.76 bits per heavy atom. The van der Waals surface area contributed by atoms with Gasteiger partial charge in [0.15, 0.2) is 5.11 Å². The van der Waals surface area contributed by atoms with Gasteiger partial charge in [-0.1, -0.05) is 6.07 Å². The van der Waals surface area contributed by atoms with Gasteiger partial charge in [0.1, 0.15) is 5.69 Å². The highest BCUT2D eigenvalue weighted by Crippen LogP contribution is 2.31. The molecular weight excluding hydrogens is 398 g/mol. The van der Waals surface area contributed by atoms with Crippen LogP contribution >= 0.6 is 12.2 Å². The van der Waals surface area contributed by atoms with E-state index in [0.717, 1.165) is 25.9 Å². The van der Waals surface area contributed by atoms with E-state index in [0.29, 0.717) is 11.4 Å². The molecule has 0 saturated carbocycles. The summed E-state index contributed by atoms with van der Waals surface area (Å²) in [5, 5.41) is 27.3. The lowest BCUT2D eigenvalue weighted by Gasteiger charge is -2.18. The zero-order valence-electron chi connectivity index (χ0n) is 15.2. The number of thiocarbonyl (C=S) groups is 1. The number of carbonyl (C=O) groups is 1. The van der Waals surface area contributed by atoms with Crippen LogP contribution in [0.15, 0.2) is 42.5 Å². The van der Waals surface area contributed by atoms with Gasteiger partial charge in [0.05, 0.1) is 9.85 Å². The topological polar surface area (TPSA) is 131 Å². The third kappa shape index (κ3) is 4.82. The summed E-state index contributed by atoms with van der Waals surface area (Å²) in [6.07, 6.45) is 1.94. The molecule has 0 bridgehead atoms. The molecule has 1 aliphatic heterocycles. The number of carbonyl (C=O) groups excluding carboxylic acids is 1. The summed E-state index contributed by atoms with van der Waals surface area (Å²) in [7, 11) is 0.